The number of nitrogens with zero attached hydrogens (tertiary/aromatic N) is 1. The number of fused-ring (bicyclic) bond motifs is 1. The summed E-state index contributed by atoms with van der Waals surface area (Å²) in [5.74, 6) is 0.331. The molecule has 3 rings (SSSR count). The van der Waals surface area contributed by atoms with Crippen molar-refractivity contribution in [1.82, 2.24) is 4.98 Å². The zero-order valence-electron chi connectivity index (χ0n) is 14.5. The lowest BCUT2D eigenvalue weighted by molar-refractivity contribution is -0.128. The molecule has 1 amide bonds. The Bertz CT molecular complexity index is 893. The lowest BCUT2D eigenvalue weighted by Gasteiger charge is -2.24. The molecule has 0 radical (unpaired) electrons. The third kappa shape index (κ3) is 3.78. The summed E-state index contributed by atoms with van der Waals surface area (Å²) in [7, 11) is 0. The van der Waals surface area contributed by atoms with Gasteiger partial charge in [0.2, 0.25) is 0 Å². The molecule has 0 fully saturated rings. The highest BCUT2D eigenvalue weighted by molar-refractivity contribution is 7.22. The van der Waals surface area contributed by atoms with Gasteiger partial charge in [0.1, 0.15) is 5.75 Å². The van der Waals surface area contributed by atoms with Gasteiger partial charge in [-0.2, -0.15) is 0 Å². The Morgan fingerprint density at radius 1 is 1.12 bits per heavy atom. The number of anilines is 1. The van der Waals surface area contributed by atoms with E-state index in [9.17, 15) is 4.79 Å². The summed E-state index contributed by atoms with van der Waals surface area (Å²) in [5.41, 5.74) is 2.12. The first-order valence-corrected chi connectivity index (χ1v) is 9.08. The lowest BCUT2D eigenvalue weighted by Crippen LogP contribution is -2.42. The number of halogens is 1. The Labute approximate surface area is 155 Å². The number of benzene rings is 2. The maximum Gasteiger partial charge on any atom is 0.269 e. The minimum Gasteiger partial charge on any atom is -0.478 e. The van der Waals surface area contributed by atoms with E-state index in [1.54, 1.807) is 38.1 Å². The summed E-state index contributed by atoms with van der Waals surface area (Å²) in [5, 5.41) is 4.07. The fourth-order valence-corrected chi connectivity index (χ4v) is 3.54. The molecule has 0 aliphatic rings. The zero-order valence-corrected chi connectivity index (χ0v) is 16.1. The molecule has 0 saturated heterocycles. The number of amides is 1. The number of carbonyl (C=O) groups excluding carboxylic acids is 1. The topological polar surface area (TPSA) is 51.2 Å². The zero-order chi connectivity index (χ0) is 18.2. The van der Waals surface area contributed by atoms with Gasteiger partial charge in [-0.15, -0.1) is 0 Å². The summed E-state index contributed by atoms with van der Waals surface area (Å²) >= 11 is 7.35. The van der Waals surface area contributed by atoms with E-state index in [1.807, 2.05) is 19.9 Å². The van der Waals surface area contributed by atoms with Crippen LogP contribution >= 0.6 is 22.9 Å². The SMILES string of the molecule is Cc1ccc(C)c2sc(NC(=O)C(C)(C)Oc3ccc(Cl)cc3)nc12. The van der Waals surface area contributed by atoms with Crippen LogP contribution in [-0.2, 0) is 4.79 Å². The molecule has 0 spiro atoms. The van der Waals surface area contributed by atoms with Crippen molar-refractivity contribution >= 4 is 44.2 Å². The van der Waals surface area contributed by atoms with Gasteiger partial charge in [-0.05, 0) is 63.1 Å². The summed E-state index contributed by atoms with van der Waals surface area (Å²) in [6.45, 7) is 7.50. The fraction of sp³-hybridized carbons (Fsp3) is 0.263. The van der Waals surface area contributed by atoms with Crippen LogP contribution in [-0.4, -0.2) is 16.5 Å². The highest BCUT2D eigenvalue weighted by Crippen LogP contribution is 2.31. The first-order chi connectivity index (χ1) is 11.8. The first-order valence-electron chi connectivity index (χ1n) is 7.89. The van der Waals surface area contributed by atoms with Gasteiger partial charge >= 0.3 is 0 Å². The van der Waals surface area contributed by atoms with Crippen LogP contribution in [0.15, 0.2) is 36.4 Å². The molecular formula is C19H19ClN2O2S. The van der Waals surface area contributed by atoms with Crippen LogP contribution in [0.1, 0.15) is 25.0 Å². The second-order valence-electron chi connectivity index (χ2n) is 6.42. The second kappa shape index (κ2) is 6.65. The highest BCUT2D eigenvalue weighted by Gasteiger charge is 2.31. The lowest BCUT2D eigenvalue weighted by atomic mass is 10.1. The van der Waals surface area contributed by atoms with Crippen molar-refractivity contribution in [3.8, 4) is 5.75 Å². The molecule has 0 aliphatic carbocycles. The molecule has 6 heteroatoms. The summed E-state index contributed by atoms with van der Waals surface area (Å²) in [6, 6.07) is 11.0. The van der Waals surface area contributed by atoms with Crippen molar-refractivity contribution in [2.75, 3.05) is 5.32 Å². The predicted octanol–water partition coefficient (Wildman–Crippen LogP) is 5.36. The maximum atomic E-state index is 12.7. The average Bonchev–Trinajstić information content (AvgIpc) is 2.98. The summed E-state index contributed by atoms with van der Waals surface area (Å²) < 4.78 is 6.91. The Morgan fingerprint density at radius 2 is 1.76 bits per heavy atom. The quantitative estimate of drug-likeness (QED) is 0.668. The Kier molecular flexibility index (Phi) is 4.71. The number of nitrogens with one attached hydrogen (secondary N) is 1. The van der Waals surface area contributed by atoms with Gasteiger partial charge in [-0.25, -0.2) is 4.98 Å². The smallest absolute Gasteiger partial charge is 0.269 e. The summed E-state index contributed by atoms with van der Waals surface area (Å²) in [6.07, 6.45) is 0. The number of carbonyl (C=O) groups is 1. The average molecular weight is 375 g/mol. The van der Waals surface area contributed by atoms with Gasteiger partial charge in [0.05, 0.1) is 10.2 Å². The molecule has 4 nitrogen and oxygen atoms in total. The van der Waals surface area contributed by atoms with Gasteiger partial charge in [-0.3, -0.25) is 10.1 Å². The van der Waals surface area contributed by atoms with E-state index in [0.29, 0.717) is 15.9 Å². The molecule has 1 N–H and O–H groups in total. The van der Waals surface area contributed by atoms with Crippen molar-refractivity contribution in [1.29, 1.82) is 0 Å². The minimum atomic E-state index is -1.05. The van der Waals surface area contributed by atoms with Crippen LogP contribution < -0.4 is 10.1 Å². The normalized spacial score (nSPS) is 11.6. The Balaban J connectivity index is 1.80. The van der Waals surface area contributed by atoms with E-state index in [0.717, 1.165) is 21.3 Å². The molecule has 0 bridgehead atoms. The molecule has 0 atom stereocenters. The van der Waals surface area contributed by atoms with Crippen LogP contribution in [0.3, 0.4) is 0 Å². The third-order valence-electron chi connectivity index (χ3n) is 3.90. The van der Waals surface area contributed by atoms with E-state index < -0.39 is 5.60 Å². The Hall–Kier alpha value is -2.11. The van der Waals surface area contributed by atoms with Gasteiger partial charge < -0.3 is 4.74 Å². The molecule has 2 aromatic carbocycles. The number of aromatic nitrogens is 1. The van der Waals surface area contributed by atoms with Crippen molar-refractivity contribution in [2.24, 2.45) is 0 Å². The number of rotatable bonds is 4. The highest BCUT2D eigenvalue weighted by atomic mass is 35.5. The fourth-order valence-electron chi connectivity index (χ4n) is 2.40. The van der Waals surface area contributed by atoms with Crippen molar-refractivity contribution in [3.05, 3.63) is 52.5 Å². The largest absolute Gasteiger partial charge is 0.478 e. The predicted molar refractivity (Wildman–Crippen MR) is 104 cm³/mol. The number of ether oxygens (including phenoxy) is 1. The molecular weight excluding hydrogens is 356 g/mol. The molecule has 0 saturated carbocycles. The molecule has 0 unspecified atom stereocenters. The number of hydrogen-bond donors (Lipinski definition) is 1. The first kappa shape index (κ1) is 17.7. The Morgan fingerprint density at radius 3 is 2.40 bits per heavy atom. The van der Waals surface area contributed by atoms with Crippen molar-refractivity contribution in [3.63, 3.8) is 0 Å². The number of hydrogen-bond acceptors (Lipinski definition) is 4. The molecule has 130 valence electrons. The summed E-state index contributed by atoms with van der Waals surface area (Å²) in [4.78, 5) is 17.2. The standard InChI is InChI=1S/C19H19ClN2O2S/c1-11-5-6-12(2)16-15(11)21-18(25-16)22-17(23)19(3,4)24-14-9-7-13(20)8-10-14/h5-10H,1-4H3,(H,21,22,23). The van der Waals surface area contributed by atoms with Gasteiger partial charge in [0, 0.05) is 5.02 Å². The van der Waals surface area contributed by atoms with E-state index >= 15 is 0 Å². The minimum absolute atomic E-state index is 0.253. The van der Waals surface area contributed by atoms with Crippen LogP contribution in [0.5, 0.6) is 5.75 Å². The van der Waals surface area contributed by atoms with Gasteiger partial charge in [-0.1, -0.05) is 35.1 Å². The monoisotopic (exact) mass is 374 g/mol. The van der Waals surface area contributed by atoms with Crippen LogP contribution in [0.25, 0.3) is 10.2 Å². The van der Waals surface area contributed by atoms with E-state index in [4.69, 9.17) is 16.3 Å². The molecule has 25 heavy (non-hydrogen) atoms. The second-order valence-corrected chi connectivity index (χ2v) is 7.85. The van der Waals surface area contributed by atoms with Crippen LogP contribution in [0, 0.1) is 13.8 Å². The van der Waals surface area contributed by atoms with Crippen LogP contribution in [0.2, 0.25) is 5.02 Å². The molecule has 1 aromatic heterocycles. The number of thiazole rings is 1. The van der Waals surface area contributed by atoms with E-state index in [2.05, 4.69) is 16.4 Å². The van der Waals surface area contributed by atoms with E-state index in [-0.39, 0.29) is 5.91 Å². The molecule has 0 aliphatic heterocycles. The van der Waals surface area contributed by atoms with Gasteiger partial charge in [0.25, 0.3) is 5.91 Å². The molecule has 3 aromatic rings. The van der Waals surface area contributed by atoms with E-state index in [1.165, 1.54) is 11.3 Å². The maximum absolute atomic E-state index is 12.7. The van der Waals surface area contributed by atoms with Crippen molar-refractivity contribution in [2.45, 2.75) is 33.3 Å². The molecule has 1 heterocycles. The third-order valence-corrected chi connectivity index (χ3v) is 5.25. The van der Waals surface area contributed by atoms with Crippen LogP contribution in [0.4, 0.5) is 5.13 Å². The van der Waals surface area contributed by atoms with Gasteiger partial charge in [0.15, 0.2) is 10.7 Å². The number of aryl methyl sites for hydroxylation is 2. The van der Waals surface area contributed by atoms with Crippen molar-refractivity contribution < 1.29 is 9.53 Å².